The molecule has 1 aliphatic rings. The fourth-order valence-corrected chi connectivity index (χ4v) is 4.08. The van der Waals surface area contributed by atoms with Crippen LogP contribution < -0.4 is 11.1 Å². The SMILES string of the molecule is NCc1nc(C(=O)NCC(c2cccs2)N2CCOCC2)cs1. The van der Waals surface area contributed by atoms with Gasteiger partial charge in [0, 0.05) is 36.4 Å². The maximum Gasteiger partial charge on any atom is 0.270 e. The molecule has 3 N–H and O–H groups in total. The Balaban J connectivity index is 1.65. The average molecular weight is 352 g/mol. The first-order chi connectivity index (χ1) is 11.3. The van der Waals surface area contributed by atoms with Crippen LogP contribution in [0.3, 0.4) is 0 Å². The van der Waals surface area contributed by atoms with E-state index in [1.54, 1.807) is 16.7 Å². The quantitative estimate of drug-likeness (QED) is 0.823. The van der Waals surface area contributed by atoms with E-state index >= 15 is 0 Å². The number of thiophene rings is 1. The van der Waals surface area contributed by atoms with E-state index in [1.807, 2.05) is 6.07 Å². The number of rotatable bonds is 6. The molecule has 1 unspecified atom stereocenters. The van der Waals surface area contributed by atoms with E-state index in [9.17, 15) is 4.79 Å². The number of nitrogens with one attached hydrogen (secondary N) is 1. The second kappa shape index (κ2) is 7.98. The third-order valence-electron chi connectivity index (χ3n) is 3.77. The Morgan fingerprint density at radius 3 is 2.91 bits per heavy atom. The standard InChI is InChI=1S/C15H20N4O2S2/c16-8-14-18-11(10-23-14)15(20)17-9-12(13-2-1-7-22-13)19-3-5-21-6-4-19/h1-2,7,10,12H,3-6,8-9,16H2,(H,17,20). The van der Waals surface area contributed by atoms with Crippen LogP contribution in [0.25, 0.3) is 0 Å². The molecule has 124 valence electrons. The van der Waals surface area contributed by atoms with Gasteiger partial charge < -0.3 is 15.8 Å². The molecular weight excluding hydrogens is 332 g/mol. The van der Waals surface area contributed by atoms with Gasteiger partial charge in [0.25, 0.3) is 5.91 Å². The molecule has 0 radical (unpaired) electrons. The smallest absolute Gasteiger partial charge is 0.270 e. The zero-order chi connectivity index (χ0) is 16.1. The van der Waals surface area contributed by atoms with Gasteiger partial charge in [-0.05, 0) is 11.4 Å². The van der Waals surface area contributed by atoms with Crippen molar-refractivity contribution in [1.82, 2.24) is 15.2 Å². The van der Waals surface area contributed by atoms with Gasteiger partial charge in [0.2, 0.25) is 0 Å². The van der Waals surface area contributed by atoms with Crippen LogP contribution in [0.5, 0.6) is 0 Å². The Morgan fingerprint density at radius 2 is 2.26 bits per heavy atom. The lowest BCUT2D eigenvalue weighted by Crippen LogP contribution is -2.43. The van der Waals surface area contributed by atoms with Crippen LogP contribution in [0.4, 0.5) is 0 Å². The van der Waals surface area contributed by atoms with Gasteiger partial charge in [0.05, 0.1) is 19.3 Å². The van der Waals surface area contributed by atoms with Crippen molar-refractivity contribution in [2.75, 3.05) is 32.8 Å². The first-order valence-electron chi connectivity index (χ1n) is 7.56. The van der Waals surface area contributed by atoms with Gasteiger partial charge in [-0.2, -0.15) is 0 Å². The van der Waals surface area contributed by atoms with Crippen LogP contribution in [0.2, 0.25) is 0 Å². The number of nitrogens with zero attached hydrogens (tertiary/aromatic N) is 2. The highest BCUT2D eigenvalue weighted by molar-refractivity contribution is 7.10. The van der Waals surface area contributed by atoms with E-state index in [1.165, 1.54) is 16.2 Å². The highest BCUT2D eigenvalue weighted by Crippen LogP contribution is 2.25. The summed E-state index contributed by atoms with van der Waals surface area (Å²) in [6.07, 6.45) is 0. The number of thiazole rings is 1. The number of carbonyl (C=O) groups is 1. The van der Waals surface area contributed by atoms with Crippen molar-refractivity contribution >= 4 is 28.6 Å². The number of carbonyl (C=O) groups excluding carboxylic acids is 1. The summed E-state index contributed by atoms with van der Waals surface area (Å²) in [5.74, 6) is -0.143. The Bertz CT molecular complexity index is 623. The van der Waals surface area contributed by atoms with Gasteiger partial charge in [0.1, 0.15) is 10.7 Å². The van der Waals surface area contributed by atoms with E-state index in [4.69, 9.17) is 10.5 Å². The molecule has 1 saturated heterocycles. The summed E-state index contributed by atoms with van der Waals surface area (Å²) in [7, 11) is 0. The van der Waals surface area contributed by atoms with Crippen LogP contribution in [-0.2, 0) is 11.3 Å². The Hall–Kier alpha value is -1.32. The summed E-state index contributed by atoms with van der Waals surface area (Å²) < 4.78 is 5.43. The number of hydrogen-bond donors (Lipinski definition) is 2. The molecule has 3 heterocycles. The third-order valence-corrected chi connectivity index (χ3v) is 5.62. The zero-order valence-corrected chi connectivity index (χ0v) is 14.4. The minimum Gasteiger partial charge on any atom is -0.379 e. The summed E-state index contributed by atoms with van der Waals surface area (Å²) in [5, 5.41) is 7.61. The predicted octanol–water partition coefficient (Wildman–Crippen LogP) is 1.47. The Labute approximate surface area is 143 Å². The molecule has 0 aromatic carbocycles. The molecule has 1 atom stereocenters. The molecule has 1 aliphatic heterocycles. The summed E-state index contributed by atoms with van der Waals surface area (Å²) in [4.78, 5) is 20.1. The summed E-state index contributed by atoms with van der Waals surface area (Å²) >= 11 is 3.13. The second-order valence-electron chi connectivity index (χ2n) is 5.22. The van der Waals surface area contributed by atoms with Gasteiger partial charge in [0.15, 0.2) is 0 Å². The van der Waals surface area contributed by atoms with Crippen LogP contribution >= 0.6 is 22.7 Å². The fourth-order valence-electron chi connectivity index (χ4n) is 2.57. The summed E-state index contributed by atoms with van der Waals surface area (Å²) in [5.41, 5.74) is 5.99. The average Bonchev–Trinajstić information content (AvgIpc) is 3.27. The fraction of sp³-hybridized carbons (Fsp3) is 0.467. The van der Waals surface area contributed by atoms with Crippen LogP contribution in [0.15, 0.2) is 22.9 Å². The second-order valence-corrected chi connectivity index (χ2v) is 7.14. The first-order valence-corrected chi connectivity index (χ1v) is 9.31. The van der Waals surface area contributed by atoms with Crippen LogP contribution in [0.1, 0.15) is 26.4 Å². The molecule has 1 fully saturated rings. The van der Waals surface area contributed by atoms with Crippen molar-refractivity contribution in [2.45, 2.75) is 12.6 Å². The third kappa shape index (κ3) is 4.15. The van der Waals surface area contributed by atoms with Gasteiger partial charge in [-0.3, -0.25) is 9.69 Å². The van der Waals surface area contributed by atoms with Crippen molar-refractivity contribution in [3.63, 3.8) is 0 Å². The normalized spacial score (nSPS) is 17.1. The maximum absolute atomic E-state index is 12.3. The lowest BCUT2D eigenvalue weighted by molar-refractivity contribution is 0.0169. The minimum absolute atomic E-state index is 0.143. The zero-order valence-electron chi connectivity index (χ0n) is 12.7. The predicted molar refractivity (Wildman–Crippen MR) is 91.8 cm³/mol. The van der Waals surface area contributed by atoms with E-state index in [0.717, 1.165) is 31.3 Å². The number of amides is 1. The number of aromatic nitrogens is 1. The van der Waals surface area contributed by atoms with Crippen LogP contribution in [0, 0.1) is 0 Å². The van der Waals surface area contributed by atoms with Crippen molar-refractivity contribution in [3.05, 3.63) is 38.5 Å². The summed E-state index contributed by atoms with van der Waals surface area (Å²) in [6, 6.07) is 4.34. The van der Waals surface area contributed by atoms with Gasteiger partial charge in [-0.1, -0.05) is 6.07 Å². The molecule has 23 heavy (non-hydrogen) atoms. The number of ether oxygens (including phenoxy) is 1. The topological polar surface area (TPSA) is 80.5 Å². The molecule has 0 aliphatic carbocycles. The monoisotopic (exact) mass is 352 g/mol. The highest BCUT2D eigenvalue weighted by Gasteiger charge is 2.24. The molecule has 0 bridgehead atoms. The van der Waals surface area contributed by atoms with Crippen molar-refractivity contribution in [2.24, 2.45) is 5.73 Å². The van der Waals surface area contributed by atoms with E-state index in [2.05, 4.69) is 26.6 Å². The molecule has 6 nitrogen and oxygen atoms in total. The lowest BCUT2D eigenvalue weighted by atomic mass is 10.2. The molecule has 1 amide bonds. The molecule has 2 aromatic rings. The van der Waals surface area contributed by atoms with E-state index in [-0.39, 0.29) is 11.9 Å². The lowest BCUT2D eigenvalue weighted by Gasteiger charge is -2.34. The minimum atomic E-state index is -0.143. The number of morpholine rings is 1. The van der Waals surface area contributed by atoms with Gasteiger partial charge >= 0.3 is 0 Å². The first kappa shape index (κ1) is 16.5. The number of nitrogens with two attached hydrogens (primary N) is 1. The Kier molecular flexibility index (Phi) is 5.74. The molecule has 2 aromatic heterocycles. The molecular formula is C15H20N4O2S2. The Morgan fingerprint density at radius 1 is 1.43 bits per heavy atom. The highest BCUT2D eigenvalue weighted by atomic mass is 32.1. The van der Waals surface area contributed by atoms with E-state index in [0.29, 0.717) is 18.8 Å². The summed E-state index contributed by atoms with van der Waals surface area (Å²) in [6.45, 7) is 4.17. The molecule has 0 spiro atoms. The van der Waals surface area contributed by atoms with E-state index < -0.39 is 0 Å². The van der Waals surface area contributed by atoms with Gasteiger partial charge in [-0.15, -0.1) is 22.7 Å². The van der Waals surface area contributed by atoms with Crippen molar-refractivity contribution in [1.29, 1.82) is 0 Å². The van der Waals surface area contributed by atoms with Crippen molar-refractivity contribution < 1.29 is 9.53 Å². The number of hydrogen-bond acceptors (Lipinski definition) is 7. The van der Waals surface area contributed by atoms with Crippen LogP contribution in [-0.4, -0.2) is 48.6 Å². The largest absolute Gasteiger partial charge is 0.379 e. The molecule has 0 saturated carbocycles. The molecule has 8 heteroatoms. The molecule has 3 rings (SSSR count). The van der Waals surface area contributed by atoms with Crippen molar-refractivity contribution in [3.8, 4) is 0 Å². The van der Waals surface area contributed by atoms with Gasteiger partial charge in [-0.25, -0.2) is 4.98 Å². The maximum atomic E-state index is 12.3.